The van der Waals surface area contributed by atoms with E-state index in [0.717, 1.165) is 15.6 Å². The predicted octanol–water partition coefficient (Wildman–Crippen LogP) is -1.23. The third kappa shape index (κ3) is 1.05. The van der Waals surface area contributed by atoms with Crippen molar-refractivity contribution in [2.75, 3.05) is 0 Å². The Bertz CT molecular complexity index is 1390. The standard InChI is InChI=1S/C19H20N6O4/c1-16-7-5-11-19-9-18(16,19)10(22-12(26)20(3)14(28)24(16)22)6-8-17(19,2)25-15(29)21(4)13(27)23(11)25/h5-8,10-11H,9H2,1-4H3/t10-,11-,16+,17+,18+,19+/m1/s1. The molecular weight excluding hydrogens is 376 g/mol. The molecule has 7 rings (SSSR count). The van der Waals surface area contributed by atoms with Crippen molar-refractivity contribution in [1.82, 2.24) is 27.9 Å². The number of hydrogen-bond donors (Lipinski definition) is 0. The molecule has 29 heavy (non-hydrogen) atoms. The van der Waals surface area contributed by atoms with Gasteiger partial charge in [-0.15, -0.1) is 0 Å². The molecule has 2 aliphatic heterocycles. The van der Waals surface area contributed by atoms with Crippen LogP contribution in [0.5, 0.6) is 0 Å². The summed E-state index contributed by atoms with van der Waals surface area (Å²) in [6, 6.07) is -0.586. The van der Waals surface area contributed by atoms with Crippen LogP contribution >= 0.6 is 0 Å². The van der Waals surface area contributed by atoms with Gasteiger partial charge in [-0.3, -0.25) is 0 Å². The van der Waals surface area contributed by atoms with Gasteiger partial charge in [0.25, 0.3) is 0 Å². The molecule has 0 amide bonds. The van der Waals surface area contributed by atoms with Crippen LogP contribution in [0.1, 0.15) is 32.4 Å². The minimum absolute atomic E-state index is 0.293. The fourth-order valence-corrected chi connectivity index (χ4v) is 7.72. The molecule has 0 N–H and O–H groups in total. The van der Waals surface area contributed by atoms with Crippen molar-refractivity contribution in [3.05, 3.63) is 66.2 Å². The van der Waals surface area contributed by atoms with Crippen molar-refractivity contribution < 1.29 is 0 Å². The van der Waals surface area contributed by atoms with Gasteiger partial charge in [-0.2, -0.15) is 0 Å². The highest BCUT2D eigenvalue weighted by molar-refractivity contribution is 5.50. The molecule has 0 saturated heterocycles. The largest absolute Gasteiger partial charge is 0.347 e. The first-order valence-electron chi connectivity index (χ1n) is 9.81. The molecule has 0 radical (unpaired) electrons. The third-order valence-electron chi connectivity index (χ3n) is 8.99. The first-order chi connectivity index (χ1) is 13.6. The fraction of sp³-hybridized carbons (Fsp3) is 0.579. The van der Waals surface area contributed by atoms with Crippen LogP contribution in [0, 0.1) is 10.8 Å². The zero-order valence-electron chi connectivity index (χ0n) is 16.5. The van der Waals surface area contributed by atoms with Gasteiger partial charge in [0.2, 0.25) is 0 Å². The van der Waals surface area contributed by atoms with E-state index < -0.39 is 21.9 Å². The average molecular weight is 396 g/mol. The number of aromatic nitrogens is 6. The Balaban J connectivity index is 1.67. The van der Waals surface area contributed by atoms with Crippen LogP contribution in [0.25, 0.3) is 0 Å². The van der Waals surface area contributed by atoms with Gasteiger partial charge in [0.05, 0.1) is 23.2 Å². The number of rotatable bonds is 0. The molecule has 10 nitrogen and oxygen atoms in total. The molecule has 2 aromatic rings. The normalized spacial score (nSPS) is 43.9. The molecule has 1 saturated carbocycles. The lowest BCUT2D eigenvalue weighted by Crippen LogP contribution is -2.53. The first kappa shape index (κ1) is 15.8. The molecule has 5 aliphatic rings. The molecule has 4 heterocycles. The fourth-order valence-electron chi connectivity index (χ4n) is 7.72. The maximum absolute atomic E-state index is 13.0. The summed E-state index contributed by atoms with van der Waals surface area (Å²) in [5, 5.41) is 0. The number of fused-ring (bicyclic) bond motifs is 6. The summed E-state index contributed by atoms with van der Waals surface area (Å²) in [4.78, 5) is 51.9. The smallest absolute Gasteiger partial charge is 0.246 e. The zero-order chi connectivity index (χ0) is 20.5. The first-order valence-corrected chi connectivity index (χ1v) is 9.81. The summed E-state index contributed by atoms with van der Waals surface area (Å²) < 4.78 is 8.63. The Morgan fingerprint density at radius 3 is 1.48 bits per heavy atom. The lowest BCUT2D eigenvalue weighted by molar-refractivity contribution is 0.0918. The van der Waals surface area contributed by atoms with E-state index in [1.165, 1.54) is 14.1 Å². The van der Waals surface area contributed by atoms with Crippen LogP contribution in [0.4, 0.5) is 0 Å². The van der Waals surface area contributed by atoms with E-state index in [-0.39, 0.29) is 34.8 Å². The van der Waals surface area contributed by atoms with Crippen LogP contribution < -0.4 is 22.8 Å². The second kappa shape index (κ2) is 3.73. The van der Waals surface area contributed by atoms with E-state index >= 15 is 0 Å². The predicted molar refractivity (Wildman–Crippen MR) is 101 cm³/mol. The SMILES string of the molecule is Cn1c(=O)n2n(c1=O)[C@@]1(C)C=C[C@H]3n4c(=O)n(C)c(=O)n4[C@@]4(C)C=C[C@@H]2[C@@]12C[C@@]324. The summed E-state index contributed by atoms with van der Waals surface area (Å²) in [5.74, 6) is 0. The van der Waals surface area contributed by atoms with Gasteiger partial charge in [0, 0.05) is 24.9 Å². The molecule has 6 atom stereocenters. The van der Waals surface area contributed by atoms with Crippen LogP contribution in [0.2, 0.25) is 0 Å². The van der Waals surface area contributed by atoms with Crippen molar-refractivity contribution in [1.29, 1.82) is 0 Å². The van der Waals surface area contributed by atoms with Crippen molar-refractivity contribution in [3.8, 4) is 0 Å². The molecule has 10 heteroatoms. The number of allylic oxidation sites excluding steroid dienone is 4. The van der Waals surface area contributed by atoms with E-state index in [2.05, 4.69) is 0 Å². The molecule has 0 aromatic carbocycles. The Kier molecular flexibility index (Phi) is 2.04. The Morgan fingerprint density at radius 2 is 1.10 bits per heavy atom. The van der Waals surface area contributed by atoms with E-state index in [4.69, 9.17) is 0 Å². The Hall–Kier alpha value is -3.04. The third-order valence-corrected chi connectivity index (χ3v) is 8.99. The van der Waals surface area contributed by atoms with Gasteiger partial charge < -0.3 is 0 Å². The molecule has 0 unspecified atom stereocenters. The average Bonchev–Trinajstić information content (AvgIpc) is 3.17. The Morgan fingerprint density at radius 1 is 0.724 bits per heavy atom. The van der Waals surface area contributed by atoms with E-state index in [1.54, 1.807) is 18.7 Å². The van der Waals surface area contributed by atoms with Crippen molar-refractivity contribution >= 4 is 0 Å². The summed E-state index contributed by atoms with van der Waals surface area (Å²) in [6.07, 6.45) is 8.59. The topological polar surface area (TPSA) is 97.9 Å². The van der Waals surface area contributed by atoms with Gasteiger partial charge in [0.1, 0.15) is 0 Å². The van der Waals surface area contributed by atoms with Crippen LogP contribution in [0.3, 0.4) is 0 Å². The second-order valence-electron chi connectivity index (χ2n) is 9.58. The van der Waals surface area contributed by atoms with Crippen LogP contribution in [0.15, 0.2) is 43.5 Å². The quantitative estimate of drug-likeness (QED) is 0.521. The molecular formula is C19H20N6O4. The number of hydrogen-bond acceptors (Lipinski definition) is 4. The molecule has 2 spiro atoms. The van der Waals surface area contributed by atoms with Gasteiger partial charge in [0.15, 0.2) is 0 Å². The summed E-state index contributed by atoms with van der Waals surface area (Å²) >= 11 is 0. The highest BCUT2D eigenvalue weighted by Gasteiger charge is 2.92. The van der Waals surface area contributed by atoms with Crippen molar-refractivity contribution in [3.63, 3.8) is 0 Å². The lowest BCUT2D eigenvalue weighted by atomic mass is 9.59. The monoisotopic (exact) mass is 396 g/mol. The van der Waals surface area contributed by atoms with Crippen LogP contribution in [-0.4, -0.2) is 27.9 Å². The van der Waals surface area contributed by atoms with E-state index in [9.17, 15) is 19.2 Å². The highest BCUT2D eigenvalue weighted by Crippen LogP contribution is 2.89. The molecule has 2 aromatic heterocycles. The molecule has 150 valence electrons. The lowest BCUT2D eigenvalue weighted by Gasteiger charge is -2.46. The van der Waals surface area contributed by atoms with Crippen molar-refractivity contribution in [2.45, 2.75) is 43.4 Å². The highest BCUT2D eigenvalue weighted by atomic mass is 16.2. The van der Waals surface area contributed by atoms with Crippen molar-refractivity contribution in [2.24, 2.45) is 24.9 Å². The summed E-state index contributed by atoms with van der Waals surface area (Å²) in [7, 11) is 3.00. The Labute approximate surface area is 163 Å². The molecule has 1 fully saturated rings. The van der Waals surface area contributed by atoms with Crippen LogP contribution in [-0.2, 0) is 25.2 Å². The van der Waals surface area contributed by atoms with Gasteiger partial charge in [-0.1, -0.05) is 24.3 Å². The maximum atomic E-state index is 13.0. The van der Waals surface area contributed by atoms with Gasteiger partial charge in [-0.05, 0) is 20.3 Å². The summed E-state index contributed by atoms with van der Waals surface area (Å²) in [5.41, 5.74) is -3.67. The summed E-state index contributed by atoms with van der Waals surface area (Å²) in [6.45, 7) is 4.00. The molecule has 0 bridgehead atoms. The second-order valence-corrected chi connectivity index (χ2v) is 9.58. The van der Waals surface area contributed by atoms with Gasteiger partial charge in [-0.25, -0.2) is 47.0 Å². The van der Waals surface area contributed by atoms with E-state index in [0.29, 0.717) is 0 Å². The number of nitrogens with zero attached hydrogens (tertiary/aromatic N) is 6. The molecule has 3 aliphatic carbocycles. The minimum atomic E-state index is -0.712. The maximum Gasteiger partial charge on any atom is 0.347 e. The minimum Gasteiger partial charge on any atom is -0.246 e. The van der Waals surface area contributed by atoms with Gasteiger partial charge >= 0.3 is 22.8 Å². The van der Waals surface area contributed by atoms with E-state index in [1.807, 2.05) is 38.2 Å². The zero-order valence-corrected chi connectivity index (χ0v) is 16.5.